The van der Waals surface area contributed by atoms with E-state index in [1.807, 2.05) is 17.0 Å². The van der Waals surface area contributed by atoms with E-state index in [-0.39, 0.29) is 17.6 Å². The highest BCUT2D eigenvalue weighted by Crippen LogP contribution is 2.30. The van der Waals surface area contributed by atoms with Crippen LogP contribution in [0.5, 0.6) is 0 Å². The van der Waals surface area contributed by atoms with Crippen molar-refractivity contribution in [2.45, 2.75) is 32.2 Å². The molecule has 2 aromatic heterocycles. The molecule has 0 saturated carbocycles. The number of rotatable bonds is 4. The van der Waals surface area contributed by atoms with Crippen LogP contribution in [0.4, 0.5) is 4.39 Å². The summed E-state index contributed by atoms with van der Waals surface area (Å²) in [5, 5.41) is 0. The molecule has 0 unspecified atom stereocenters. The van der Waals surface area contributed by atoms with E-state index in [4.69, 9.17) is 4.98 Å². The number of pyridine rings is 1. The molecule has 134 valence electrons. The Labute approximate surface area is 151 Å². The molecule has 1 amide bonds. The molecule has 6 heteroatoms. The highest BCUT2D eigenvalue weighted by atomic mass is 19.1. The molecule has 0 bridgehead atoms. The van der Waals surface area contributed by atoms with Crippen molar-refractivity contribution in [2.24, 2.45) is 0 Å². The van der Waals surface area contributed by atoms with E-state index in [2.05, 4.69) is 16.5 Å². The van der Waals surface area contributed by atoms with Gasteiger partial charge in [-0.05, 0) is 49.2 Å². The normalized spacial score (nSPS) is 17.2. The number of aryl methyl sites for hydroxylation is 1. The number of likely N-dealkylation sites (tertiary alicyclic amines) is 1. The van der Waals surface area contributed by atoms with E-state index < -0.39 is 0 Å². The van der Waals surface area contributed by atoms with Crippen LogP contribution in [0.3, 0.4) is 0 Å². The second kappa shape index (κ2) is 6.86. The summed E-state index contributed by atoms with van der Waals surface area (Å²) in [6, 6.07) is 9.62. The van der Waals surface area contributed by atoms with Gasteiger partial charge >= 0.3 is 0 Å². The molecular formula is C20H21FN4O. The molecule has 0 radical (unpaired) electrons. The fourth-order valence-corrected chi connectivity index (χ4v) is 3.66. The maximum Gasteiger partial charge on any atom is 0.253 e. The van der Waals surface area contributed by atoms with Crippen LogP contribution < -0.4 is 0 Å². The van der Waals surface area contributed by atoms with Gasteiger partial charge in [-0.1, -0.05) is 6.92 Å². The van der Waals surface area contributed by atoms with Crippen LogP contribution in [0.15, 0.2) is 42.6 Å². The molecule has 0 N–H and O–H groups in total. The first kappa shape index (κ1) is 16.7. The fourth-order valence-electron chi connectivity index (χ4n) is 3.66. The van der Waals surface area contributed by atoms with Gasteiger partial charge in [0, 0.05) is 37.3 Å². The van der Waals surface area contributed by atoms with Crippen molar-refractivity contribution in [2.75, 3.05) is 13.1 Å². The van der Waals surface area contributed by atoms with Crippen molar-refractivity contribution < 1.29 is 9.18 Å². The SMILES string of the molecule is CCCn1c([C@@H]2CCN(C(=O)c3ccc(F)cc3)C2)nc2cccnc21. The third kappa shape index (κ3) is 2.96. The van der Waals surface area contributed by atoms with Crippen LogP contribution >= 0.6 is 0 Å². The van der Waals surface area contributed by atoms with Crippen LogP contribution in [0, 0.1) is 5.82 Å². The highest BCUT2D eigenvalue weighted by Gasteiger charge is 2.31. The Balaban J connectivity index is 1.59. The van der Waals surface area contributed by atoms with Gasteiger partial charge in [-0.2, -0.15) is 0 Å². The maximum absolute atomic E-state index is 13.1. The Hall–Kier alpha value is -2.76. The molecule has 1 aromatic carbocycles. The summed E-state index contributed by atoms with van der Waals surface area (Å²) < 4.78 is 15.3. The average molecular weight is 352 g/mol. The minimum absolute atomic E-state index is 0.0521. The van der Waals surface area contributed by atoms with Crippen molar-refractivity contribution >= 4 is 17.1 Å². The number of nitrogens with zero attached hydrogens (tertiary/aromatic N) is 4. The first-order valence-corrected chi connectivity index (χ1v) is 9.03. The predicted octanol–water partition coefficient (Wildman–Crippen LogP) is 3.61. The summed E-state index contributed by atoms with van der Waals surface area (Å²) in [7, 11) is 0. The van der Waals surface area contributed by atoms with Gasteiger partial charge in [0.25, 0.3) is 5.91 Å². The van der Waals surface area contributed by atoms with Crippen molar-refractivity contribution in [1.82, 2.24) is 19.4 Å². The number of carbonyl (C=O) groups is 1. The maximum atomic E-state index is 13.1. The van der Waals surface area contributed by atoms with Gasteiger partial charge in [-0.25, -0.2) is 14.4 Å². The number of aromatic nitrogens is 3. The quantitative estimate of drug-likeness (QED) is 0.721. The zero-order chi connectivity index (χ0) is 18.1. The number of carbonyl (C=O) groups excluding carboxylic acids is 1. The van der Waals surface area contributed by atoms with E-state index in [0.717, 1.165) is 36.4 Å². The average Bonchev–Trinajstić information content (AvgIpc) is 3.27. The van der Waals surface area contributed by atoms with Crippen molar-refractivity contribution in [3.05, 3.63) is 59.8 Å². The molecular weight excluding hydrogens is 331 g/mol. The molecule has 5 nitrogen and oxygen atoms in total. The molecule has 3 heterocycles. The van der Waals surface area contributed by atoms with E-state index in [9.17, 15) is 9.18 Å². The smallest absolute Gasteiger partial charge is 0.253 e. The molecule has 1 aliphatic rings. The number of amides is 1. The molecule has 1 fully saturated rings. The third-order valence-electron chi connectivity index (χ3n) is 4.91. The molecule has 4 rings (SSSR count). The fraction of sp³-hybridized carbons (Fsp3) is 0.350. The summed E-state index contributed by atoms with van der Waals surface area (Å²) in [6.45, 7) is 4.32. The second-order valence-corrected chi connectivity index (χ2v) is 6.71. The monoisotopic (exact) mass is 352 g/mol. The van der Waals surface area contributed by atoms with Crippen LogP contribution in [0.25, 0.3) is 11.2 Å². The molecule has 3 aromatic rings. The van der Waals surface area contributed by atoms with Gasteiger partial charge in [0.15, 0.2) is 5.65 Å². The minimum Gasteiger partial charge on any atom is -0.338 e. The van der Waals surface area contributed by atoms with E-state index >= 15 is 0 Å². The summed E-state index contributed by atoms with van der Waals surface area (Å²) in [5.74, 6) is 0.820. The summed E-state index contributed by atoms with van der Waals surface area (Å²) in [4.78, 5) is 23.8. The first-order chi connectivity index (χ1) is 12.7. The number of imidazole rings is 1. The van der Waals surface area contributed by atoms with Gasteiger partial charge in [-0.3, -0.25) is 4.79 Å². The van der Waals surface area contributed by atoms with Crippen molar-refractivity contribution in [3.8, 4) is 0 Å². The molecule has 1 saturated heterocycles. The van der Waals surface area contributed by atoms with Crippen molar-refractivity contribution in [1.29, 1.82) is 0 Å². The topological polar surface area (TPSA) is 51.0 Å². The summed E-state index contributed by atoms with van der Waals surface area (Å²) >= 11 is 0. The summed E-state index contributed by atoms with van der Waals surface area (Å²) in [6.07, 6.45) is 3.67. The van der Waals surface area contributed by atoms with Gasteiger partial charge in [0.05, 0.1) is 0 Å². The second-order valence-electron chi connectivity index (χ2n) is 6.71. The lowest BCUT2D eigenvalue weighted by Gasteiger charge is -2.17. The van der Waals surface area contributed by atoms with E-state index in [0.29, 0.717) is 18.7 Å². The van der Waals surface area contributed by atoms with Crippen LogP contribution in [0.2, 0.25) is 0 Å². The Morgan fingerprint density at radius 1 is 1.27 bits per heavy atom. The largest absolute Gasteiger partial charge is 0.338 e. The predicted molar refractivity (Wildman–Crippen MR) is 97.5 cm³/mol. The highest BCUT2D eigenvalue weighted by molar-refractivity contribution is 5.94. The standard InChI is InChI=1S/C20H21FN4O/c1-2-11-25-18(23-17-4-3-10-22-19(17)25)15-9-12-24(13-15)20(26)14-5-7-16(21)8-6-14/h3-8,10,15H,2,9,11-13H2,1H3/t15-/m1/s1. The molecule has 1 atom stereocenters. The van der Waals surface area contributed by atoms with Gasteiger partial charge in [0.1, 0.15) is 17.2 Å². The Morgan fingerprint density at radius 2 is 2.08 bits per heavy atom. The van der Waals surface area contributed by atoms with Crippen LogP contribution in [0.1, 0.15) is 41.9 Å². The first-order valence-electron chi connectivity index (χ1n) is 9.03. The lowest BCUT2D eigenvalue weighted by molar-refractivity contribution is 0.0790. The molecule has 26 heavy (non-hydrogen) atoms. The zero-order valence-electron chi connectivity index (χ0n) is 14.7. The van der Waals surface area contributed by atoms with Gasteiger partial charge in [0.2, 0.25) is 0 Å². The Bertz CT molecular complexity index is 935. The molecule has 0 aliphatic carbocycles. The van der Waals surface area contributed by atoms with Crippen LogP contribution in [-0.2, 0) is 6.54 Å². The van der Waals surface area contributed by atoms with Crippen molar-refractivity contribution in [3.63, 3.8) is 0 Å². The number of halogens is 1. The lowest BCUT2D eigenvalue weighted by Crippen LogP contribution is -2.28. The van der Waals surface area contributed by atoms with Gasteiger partial charge < -0.3 is 9.47 Å². The van der Waals surface area contributed by atoms with Crippen LogP contribution in [-0.4, -0.2) is 38.4 Å². The minimum atomic E-state index is -0.332. The number of benzene rings is 1. The van der Waals surface area contributed by atoms with Gasteiger partial charge in [-0.15, -0.1) is 0 Å². The zero-order valence-corrected chi connectivity index (χ0v) is 14.7. The lowest BCUT2D eigenvalue weighted by atomic mass is 10.1. The molecule has 1 aliphatic heterocycles. The third-order valence-corrected chi connectivity index (χ3v) is 4.91. The number of hydrogen-bond acceptors (Lipinski definition) is 3. The van der Waals surface area contributed by atoms with E-state index in [1.54, 1.807) is 18.3 Å². The molecule has 0 spiro atoms. The summed E-state index contributed by atoms with van der Waals surface area (Å²) in [5.41, 5.74) is 2.34. The Morgan fingerprint density at radius 3 is 2.85 bits per heavy atom. The van der Waals surface area contributed by atoms with E-state index in [1.165, 1.54) is 12.1 Å². The number of hydrogen-bond donors (Lipinski definition) is 0. The Kier molecular flexibility index (Phi) is 4.41. The number of fused-ring (bicyclic) bond motifs is 1.